The minimum absolute atomic E-state index is 0.740. The van der Waals surface area contributed by atoms with Gasteiger partial charge in [-0.25, -0.2) is 0 Å². The van der Waals surface area contributed by atoms with Crippen molar-refractivity contribution in [1.29, 1.82) is 0 Å². The van der Waals surface area contributed by atoms with Crippen molar-refractivity contribution in [3.8, 4) is 0 Å². The topological polar surface area (TPSA) is 76.4 Å². The van der Waals surface area contributed by atoms with Crippen molar-refractivity contribution in [2.24, 2.45) is 4.99 Å². The first-order valence-corrected chi connectivity index (χ1v) is 9.89. The van der Waals surface area contributed by atoms with Crippen molar-refractivity contribution in [2.45, 2.75) is 58.4 Å². The zero-order valence-electron chi connectivity index (χ0n) is 16.3. The summed E-state index contributed by atoms with van der Waals surface area (Å²) in [4.78, 5) is 4.66. The monoisotopic (exact) mass is 362 g/mol. The molecule has 0 aromatic carbocycles. The molecule has 0 fully saturated rings. The molecule has 1 aliphatic carbocycles. The van der Waals surface area contributed by atoms with Crippen molar-refractivity contribution in [2.75, 3.05) is 33.4 Å². The van der Waals surface area contributed by atoms with Crippen molar-refractivity contribution in [3.05, 3.63) is 23.8 Å². The Balaban J connectivity index is 1.77. The molecule has 1 aliphatic rings. The van der Waals surface area contributed by atoms with E-state index in [4.69, 9.17) is 4.74 Å². The van der Waals surface area contributed by atoms with Crippen LogP contribution in [0.5, 0.6) is 0 Å². The molecule has 0 spiro atoms. The smallest absolute Gasteiger partial charge is 0.191 e. The van der Waals surface area contributed by atoms with Gasteiger partial charge in [-0.3, -0.25) is 4.99 Å². The molecule has 1 aromatic rings. The first kappa shape index (κ1) is 20.4. The number of ether oxygens (including phenoxy) is 1. The maximum absolute atomic E-state index is 5.10. The third kappa shape index (κ3) is 7.56. The highest BCUT2D eigenvalue weighted by Gasteiger charge is 2.05. The van der Waals surface area contributed by atoms with Crippen LogP contribution >= 0.6 is 0 Å². The van der Waals surface area contributed by atoms with Crippen LogP contribution in [0.15, 0.2) is 23.0 Å². The number of aromatic nitrogens is 3. The molecule has 0 amide bonds. The van der Waals surface area contributed by atoms with Gasteiger partial charge in [0.15, 0.2) is 5.96 Å². The Kier molecular flexibility index (Phi) is 9.79. The van der Waals surface area contributed by atoms with Crippen LogP contribution < -0.4 is 10.6 Å². The Morgan fingerprint density at radius 1 is 1.31 bits per heavy atom. The number of hydrogen-bond acceptors (Lipinski definition) is 4. The van der Waals surface area contributed by atoms with Gasteiger partial charge in [-0.05, 0) is 38.5 Å². The lowest BCUT2D eigenvalue weighted by Gasteiger charge is -2.16. The molecule has 0 aliphatic heterocycles. The van der Waals surface area contributed by atoms with Gasteiger partial charge in [-0.15, -0.1) is 10.2 Å². The Labute approximate surface area is 157 Å². The highest BCUT2D eigenvalue weighted by Crippen LogP contribution is 2.19. The number of rotatable bonds is 11. The van der Waals surface area contributed by atoms with E-state index in [2.05, 4.69) is 43.4 Å². The predicted octanol–water partition coefficient (Wildman–Crippen LogP) is 2.30. The van der Waals surface area contributed by atoms with Gasteiger partial charge in [0.25, 0.3) is 0 Å². The molecule has 0 saturated heterocycles. The highest BCUT2D eigenvalue weighted by atomic mass is 16.5. The Morgan fingerprint density at radius 3 is 2.96 bits per heavy atom. The number of aryl methyl sites for hydroxylation is 1. The van der Waals surface area contributed by atoms with E-state index >= 15 is 0 Å². The Morgan fingerprint density at radius 2 is 2.19 bits per heavy atom. The second-order valence-electron chi connectivity index (χ2n) is 6.58. The largest absolute Gasteiger partial charge is 0.385 e. The lowest BCUT2D eigenvalue weighted by molar-refractivity contribution is 0.197. The van der Waals surface area contributed by atoms with Crippen molar-refractivity contribution in [1.82, 2.24) is 25.4 Å². The summed E-state index contributed by atoms with van der Waals surface area (Å²) < 4.78 is 7.19. The van der Waals surface area contributed by atoms with E-state index in [1.165, 1.54) is 25.7 Å². The molecule has 0 atom stereocenters. The zero-order valence-corrected chi connectivity index (χ0v) is 16.3. The fraction of sp³-hybridized carbons (Fsp3) is 0.737. The molecule has 0 radical (unpaired) electrons. The summed E-state index contributed by atoms with van der Waals surface area (Å²) in [7, 11) is 1.73. The molecule has 146 valence electrons. The molecule has 0 bridgehead atoms. The molecular formula is C19H34N6O. The maximum atomic E-state index is 5.10. The lowest BCUT2D eigenvalue weighted by atomic mass is 9.97. The molecule has 0 unspecified atom stereocenters. The average molecular weight is 363 g/mol. The number of guanidine groups is 1. The van der Waals surface area contributed by atoms with E-state index in [0.29, 0.717) is 0 Å². The first-order valence-electron chi connectivity index (χ1n) is 9.89. The molecule has 0 saturated carbocycles. The van der Waals surface area contributed by atoms with Crippen LogP contribution in [0, 0.1) is 0 Å². The third-order valence-electron chi connectivity index (χ3n) is 4.56. The molecule has 7 heteroatoms. The molecular weight excluding hydrogens is 328 g/mol. The minimum Gasteiger partial charge on any atom is -0.385 e. The molecule has 2 N–H and O–H groups in total. The second-order valence-corrected chi connectivity index (χ2v) is 6.58. The summed E-state index contributed by atoms with van der Waals surface area (Å²) in [6, 6.07) is 0. The number of methoxy groups -OCH3 is 1. The van der Waals surface area contributed by atoms with Crippen LogP contribution in [0.2, 0.25) is 0 Å². The second kappa shape index (κ2) is 12.5. The fourth-order valence-electron chi connectivity index (χ4n) is 3.08. The number of aliphatic imine (C=N–C) groups is 1. The number of allylic oxidation sites excluding steroid dienone is 1. The van der Waals surface area contributed by atoms with E-state index in [-0.39, 0.29) is 0 Å². The van der Waals surface area contributed by atoms with Gasteiger partial charge in [-0.2, -0.15) is 0 Å². The van der Waals surface area contributed by atoms with Gasteiger partial charge in [-0.1, -0.05) is 18.6 Å². The van der Waals surface area contributed by atoms with Crippen LogP contribution in [-0.2, 0) is 17.7 Å². The predicted molar refractivity (Wildman–Crippen MR) is 105 cm³/mol. The van der Waals surface area contributed by atoms with Gasteiger partial charge < -0.3 is 19.9 Å². The van der Waals surface area contributed by atoms with E-state index in [0.717, 1.165) is 63.8 Å². The summed E-state index contributed by atoms with van der Waals surface area (Å²) in [5, 5.41) is 15.0. The van der Waals surface area contributed by atoms with E-state index in [1.807, 2.05) is 0 Å². The third-order valence-corrected chi connectivity index (χ3v) is 4.56. The van der Waals surface area contributed by atoms with Crippen molar-refractivity contribution < 1.29 is 4.74 Å². The van der Waals surface area contributed by atoms with Gasteiger partial charge in [0.1, 0.15) is 12.2 Å². The van der Waals surface area contributed by atoms with E-state index in [9.17, 15) is 0 Å². The van der Waals surface area contributed by atoms with Crippen LogP contribution in [0.1, 0.15) is 51.3 Å². The highest BCUT2D eigenvalue weighted by molar-refractivity contribution is 5.79. The Bertz CT molecular complexity index is 566. The maximum Gasteiger partial charge on any atom is 0.191 e. The van der Waals surface area contributed by atoms with Gasteiger partial charge in [0.2, 0.25) is 0 Å². The van der Waals surface area contributed by atoms with Crippen LogP contribution in [0.25, 0.3) is 0 Å². The average Bonchev–Trinajstić information content (AvgIpc) is 3.13. The molecule has 1 aromatic heterocycles. The first-order chi connectivity index (χ1) is 12.8. The van der Waals surface area contributed by atoms with Crippen LogP contribution in [0.4, 0.5) is 0 Å². The molecule has 2 rings (SSSR count). The quantitative estimate of drug-likeness (QED) is 0.273. The van der Waals surface area contributed by atoms with Crippen molar-refractivity contribution in [3.63, 3.8) is 0 Å². The summed E-state index contributed by atoms with van der Waals surface area (Å²) >= 11 is 0. The number of nitrogens with one attached hydrogen (secondary N) is 2. The fourth-order valence-corrected chi connectivity index (χ4v) is 3.08. The van der Waals surface area contributed by atoms with Gasteiger partial charge in [0, 0.05) is 46.3 Å². The zero-order chi connectivity index (χ0) is 18.5. The summed E-state index contributed by atoms with van der Waals surface area (Å²) in [6.07, 6.45) is 12.3. The standard InChI is InChI=1S/C19H34N6O/c1-3-18-24-23-16-25(18)14-13-22-19(20-11-7-15-26-2)21-12-10-17-8-5-4-6-9-17/h8,16H,3-7,9-15H2,1-2H3,(H2,20,21,22). The lowest BCUT2D eigenvalue weighted by Crippen LogP contribution is -2.39. The van der Waals surface area contributed by atoms with E-state index < -0.39 is 0 Å². The Hall–Kier alpha value is -1.89. The summed E-state index contributed by atoms with van der Waals surface area (Å²) in [5.74, 6) is 1.89. The van der Waals surface area contributed by atoms with E-state index in [1.54, 1.807) is 19.0 Å². The summed E-state index contributed by atoms with van der Waals surface area (Å²) in [5.41, 5.74) is 1.58. The van der Waals surface area contributed by atoms with Crippen molar-refractivity contribution >= 4 is 5.96 Å². The SMILES string of the molecule is CCc1nncn1CCNC(=NCCCOC)NCCC1=CCCCC1. The van der Waals surface area contributed by atoms with Gasteiger partial charge in [0.05, 0.1) is 0 Å². The molecule has 26 heavy (non-hydrogen) atoms. The van der Waals surface area contributed by atoms with Crippen LogP contribution in [0.3, 0.4) is 0 Å². The normalized spacial score (nSPS) is 15.0. The number of nitrogens with zero attached hydrogens (tertiary/aromatic N) is 4. The molecule has 1 heterocycles. The summed E-state index contributed by atoms with van der Waals surface area (Å²) in [6.45, 7) is 6.15. The minimum atomic E-state index is 0.740. The van der Waals surface area contributed by atoms with Gasteiger partial charge >= 0.3 is 0 Å². The molecule has 7 nitrogen and oxygen atoms in total. The number of hydrogen-bond donors (Lipinski definition) is 2. The van der Waals surface area contributed by atoms with Crippen LogP contribution in [-0.4, -0.2) is 54.1 Å².